The second-order valence-electron chi connectivity index (χ2n) is 23.8. The van der Waals surface area contributed by atoms with E-state index in [1.54, 1.807) is 0 Å². The molecule has 3 heterocycles. The number of hydrogen-bond donors (Lipinski definition) is 0. The minimum absolute atomic E-state index is 0.0240. The van der Waals surface area contributed by atoms with Gasteiger partial charge in [0.1, 0.15) is 0 Å². The highest BCUT2D eigenvalue weighted by atomic mass is 28.6. The largest absolute Gasteiger partial charge is 0.641 e. The molecule has 9 atom stereocenters. The fraction of sp³-hybridized carbons (Fsp3) is 1.00. The van der Waals surface area contributed by atoms with Crippen molar-refractivity contribution in [1.29, 1.82) is 0 Å². The first-order valence-electron chi connectivity index (χ1n) is 26.9. The van der Waals surface area contributed by atoms with Crippen LogP contribution in [0.4, 0.5) is 0 Å². The summed E-state index contributed by atoms with van der Waals surface area (Å²) < 4.78 is 126. The van der Waals surface area contributed by atoms with Gasteiger partial charge in [0, 0.05) is 18.3 Å². The van der Waals surface area contributed by atoms with E-state index in [1.807, 2.05) is 32.7 Å². The van der Waals surface area contributed by atoms with Crippen LogP contribution < -0.4 is 0 Å². The van der Waals surface area contributed by atoms with Crippen LogP contribution >= 0.6 is 0 Å². The van der Waals surface area contributed by atoms with Crippen LogP contribution in [0.15, 0.2) is 0 Å². The van der Waals surface area contributed by atoms with Crippen LogP contribution in [0, 0.1) is 0 Å². The summed E-state index contributed by atoms with van der Waals surface area (Å²) in [6.07, 6.45) is 0.499. The van der Waals surface area contributed by atoms with Crippen LogP contribution in [-0.4, -0.2) is 199 Å². The lowest BCUT2D eigenvalue weighted by Crippen LogP contribution is -2.66. The van der Waals surface area contributed by atoms with Crippen molar-refractivity contribution in [3.63, 3.8) is 0 Å². The van der Waals surface area contributed by atoms with E-state index in [2.05, 4.69) is 126 Å². The fourth-order valence-electron chi connectivity index (χ4n) is 9.48. The van der Waals surface area contributed by atoms with E-state index in [-0.39, 0.29) is 38.1 Å². The van der Waals surface area contributed by atoms with Crippen molar-refractivity contribution in [2.75, 3.05) is 0 Å². The van der Waals surface area contributed by atoms with Crippen LogP contribution in [0.25, 0.3) is 0 Å². The normalized spacial score (nSPS) is 28.7. The Morgan fingerprint density at radius 1 is 0.440 bits per heavy atom. The molecule has 75 heavy (non-hydrogen) atoms. The van der Waals surface area contributed by atoms with Crippen molar-refractivity contribution >= 4 is 181 Å². The summed E-state index contributed by atoms with van der Waals surface area (Å²) in [5, 5.41) is 0. The second kappa shape index (κ2) is 32.4. The molecule has 437 valence electrons. The molecule has 9 unspecified atom stereocenters. The highest BCUT2D eigenvalue weighted by Crippen LogP contribution is 2.33. The molecule has 9 radical (unpaired) electrons. The van der Waals surface area contributed by atoms with Gasteiger partial charge in [-0.15, -0.1) is 0 Å². The van der Waals surface area contributed by atoms with E-state index in [0.29, 0.717) is 0 Å². The first-order chi connectivity index (χ1) is 34.3. The van der Waals surface area contributed by atoms with Gasteiger partial charge in [0.25, 0.3) is 18.6 Å². The van der Waals surface area contributed by atoms with Crippen LogP contribution in [0.1, 0.15) is 20.8 Å². The first kappa shape index (κ1) is 72.8. The minimum Gasteiger partial charge on any atom is -0.441 e. The Bertz CT molecular complexity index is 1540. The molecule has 0 saturated carbocycles. The Hall–Kier alpha value is 3.58. The lowest BCUT2D eigenvalue weighted by Gasteiger charge is -2.44. The maximum atomic E-state index is 7.13. The SMILES string of the molecule is C[Si]O[Si](O[Si]O[Si]O[Si](C)(C)CC[Si]1O[SiH](C)CC(C)O[SiH](C)O1)(O[Si](C)(C)O[Si](C)(C)O[Si](C)(C)CC[Si]1OC(C)C[SiH](C)O[SiH](C)O1)O[Si](C)(C)O[Si](C)(C)O[Si](C)(C)CC[Si]1OC(C)C[SiH](C)O[SiH](C)O1. The lowest BCUT2D eigenvalue weighted by atomic mass is 10.5. The molecule has 3 fully saturated rings. The predicted molar refractivity (Wildman–Crippen MR) is 339 cm³/mol. The zero-order valence-corrected chi connectivity index (χ0v) is 71.2. The van der Waals surface area contributed by atoms with Crippen LogP contribution in [-0.2, 0) is 79.1 Å². The summed E-state index contributed by atoms with van der Waals surface area (Å²) >= 11 is 0. The predicted octanol–water partition coefficient (Wildman–Crippen LogP) is 7.18. The van der Waals surface area contributed by atoms with Gasteiger partial charge < -0.3 is 79.1 Å². The topological polar surface area (TPSA) is 175 Å². The average molecular weight is 1400 g/mol. The van der Waals surface area contributed by atoms with Crippen molar-refractivity contribution in [3.05, 3.63) is 0 Å². The zero-order valence-electron chi connectivity index (χ0n) is 50.3. The highest BCUT2D eigenvalue weighted by molar-refractivity contribution is 6.92. The molecule has 3 aliphatic rings. The molecule has 3 rings (SSSR count). The Morgan fingerprint density at radius 3 is 1.28 bits per heavy atom. The molecule has 0 aromatic carbocycles. The summed E-state index contributed by atoms with van der Waals surface area (Å²) in [7, 11) is -37.1. The summed E-state index contributed by atoms with van der Waals surface area (Å²) in [4.78, 5) is 0. The Labute approximate surface area is 487 Å². The zero-order chi connectivity index (χ0) is 56.8. The molecule has 19 nitrogen and oxygen atoms in total. The van der Waals surface area contributed by atoms with E-state index in [9.17, 15) is 0 Å². The van der Waals surface area contributed by atoms with E-state index >= 15 is 0 Å². The standard InChI is InChI=1S/C36H99O19Si20/c1-34-31-61(7)46-67(47-62(8)37-34)27-28-68(11,12)42-57-40-58-43-75(41-56-4,54-73(21,22)52-71(17,18)50-69(13,14)29-25-65-38-35(2)32-59(5)44-63(9)48-65)55-74(23,24)53-72(19,20)51-70(15,16)30-26-66-39-36(3)33-60(6)45-64(10)49-66/h34-36,59-64H,25-33H2,1-24H3. The van der Waals surface area contributed by atoms with Crippen LogP contribution in [0.2, 0.25) is 192 Å². The monoisotopic (exact) mass is 1400 g/mol. The summed E-state index contributed by atoms with van der Waals surface area (Å²) in [6.45, 7) is 51.3. The van der Waals surface area contributed by atoms with Crippen LogP contribution in [0.5, 0.6) is 0 Å². The van der Waals surface area contributed by atoms with Gasteiger partial charge in [0.2, 0.25) is 9.76 Å². The molecule has 0 bridgehead atoms. The fourth-order valence-corrected chi connectivity index (χ4v) is 77.5. The molecule has 0 amide bonds. The molecule has 0 spiro atoms. The highest BCUT2D eigenvalue weighted by Gasteiger charge is 2.57. The Morgan fingerprint density at radius 2 is 0.827 bits per heavy atom. The van der Waals surface area contributed by atoms with E-state index < -0.39 is 161 Å². The van der Waals surface area contributed by atoms with E-state index in [1.165, 1.54) is 0 Å². The molecular formula is C36H99O19Si20. The van der Waals surface area contributed by atoms with Crippen molar-refractivity contribution in [1.82, 2.24) is 0 Å². The first-order valence-corrected chi connectivity index (χ1v) is 70.4. The average Bonchev–Trinajstić information content (AvgIpc) is 3.16. The van der Waals surface area contributed by atoms with Crippen molar-refractivity contribution in [3.8, 4) is 0 Å². The Balaban J connectivity index is 1.78. The molecule has 0 aliphatic carbocycles. The maximum Gasteiger partial charge on any atom is 0.641 e. The molecule has 0 aromatic heterocycles. The third kappa shape index (κ3) is 31.0. The molecule has 3 aliphatic heterocycles. The van der Waals surface area contributed by atoms with Crippen molar-refractivity contribution < 1.29 is 79.1 Å². The lowest BCUT2D eigenvalue weighted by molar-refractivity contribution is 0.123. The van der Waals surface area contributed by atoms with Gasteiger partial charge in [-0.05, 0) is 213 Å². The van der Waals surface area contributed by atoms with E-state index in [0.717, 1.165) is 54.4 Å². The van der Waals surface area contributed by atoms with Gasteiger partial charge >= 0.3 is 100 Å². The van der Waals surface area contributed by atoms with Crippen molar-refractivity contribution in [2.45, 2.75) is 231 Å². The molecular weight excluding hydrogens is 1300 g/mol. The molecule has 39 heteroatoms. The van der Waals surface area contributed by atoms with Gasteiger partial charge in [-0.25, -0.2) is 0 Å². The molecule has 3 saturated heterocycles. The van der Waals surface area contributed by atoms with E-state index in [4.69, 9.17) is 79.1 Å². The van der Waals surface area contributed by atoms with Gasteiger partial charge in [0.15, 0.2) is 52.1 Å². The second-order valence-corrected chi connectivity index (χ2v) is 77.0. The van der Waals surface area contributed by atoms with Gasteiger partial charge in [0.05, 0.1) is 0 Å². The third-order valence-corrected chi connectivity index (χ3v) is 70.6. The van der Waals surface area contributed by atoms with Crippen molar-refractivity contribution in [2.24, 2.45) is 0 Å². The summed E-state index contributed by atoms with van der Waals surface area (Å²) in [5.41, 5.74) is 0. The quantitative estimate of drug-likeness (QED) is 0.0544. The Kier molecular flexibility index (Phi) is 31.4. The molecule has 0 N–H and O–H groups in total. The number of hydrogen-bond acceptors (Lipinski definition) is 19. The third-order valence-electron chi connectivity index (χ3n) is 11.5. The smallest absolute Gasteiger partial charge is 0.441 e. The summed E-state index contributed by atoms with van der Waals surface area (Å²) in [6, 6.07) is 8.21. The maximum absolute atomic E-state index is 7.13. The van der Waals surface area contributed by atoms with Gasteiger partial charge in [-0.2, -0.15) is 0 Å². The molecule has 0 aromatic rings. The minimum atomic E-state index is -4.09. The number of rotatable bonds is 29. The van der Waals surface area contributed by atoms with Crippen LogP contribution in [0.3, 0.4) is 0 Å². The summed E-state index contributed by atoms with van der Waals surface area (Å²) in [5.74, 6) is 0. The van der Waals surface area contributed by atoms with Gasteiger partial charge in [-0.1, -0.05) is 0 Å². The van der Waals surface area contributed by atoms with Gasteiger partial charge in [-0.3, -0.25) is 0 Å².